The van der Waals surface area contributed by atoms with Crippen LogP contribution in [0.5, 0.6) is 5.75 Å². The van der Waals surface area contributed by atoms with Gasteiger partial charge in [-0.1, -0.05) is 80.4 Å². The van der Waals surface area contributed by atoms with Gasteiger partial charge < -0.3 is 25.4 Å². The molecule has 0 heterocycles. The first-order valence-corrected chi connectivity index (χ1v) is 16.1. The molecule has 252 valence electrons. The molecule has 3 aromatic rings. The summed E-state index contributed by atoms with van der Waals surface area (Å²) in [7, 11) is 0. The highest BCUT2D eigenvalue weighted by Crippen LogP contribution is 2.44. The van der Waals surface area contributed by atoms with Crippen LogP contribution in [0.15, 0.2) is 72.8 Å². The third kappa shape index (κ3) is 10.5. The second-order valence-corrected chi connectivity index (χ2v) is 11.5. The summed E-state index contributed by atoms with van der Waals surface area (Å²) >= 11 is 0. The largest absolute Gasteiger partial charge is 0.492 e. The maximum atomic E-state index is 13.1. The minimum Gasteiger partial charge on any atom is -0.492 e. The van der Waals surface area contributed by atoms with Crippen molar-refractivity contribution in [2.24, 2.45) is 0 Å². The summed E-state index contributed by atoms with van der Waals surface area (Å²) in [6.07, 6.45) is -0.694. The maximum absolute atomic E-state index is 13.1. The molecule has 8 nitrogen and oxygen atoms in total. The van der Waals surface area contributed by atoms with E-state index in [2.05, 4.69) is 17.6 Å². The Morgan fingerprint density at radius 1 is 0.809 bits per heavy atom. The Balaban J connectivity index is 1.28. The van der Waals surface area contributed by atoms with E-state index in [9.17, 15) is 27.6 Å². The lowest BCUT2D eigenvalue weighted by Gasteiger charge is -2.20. The normalized spacial score (nSPS) is 12.9. The number of fused-ring (bicyclic) bond motifs is 3. The van der Waals surface area contributed by atoms with Crippen molar-refractivity contribution in [1.82, 2.24) is 16.0 Å². The fraction of sp³-hybridized carbons (Fsp3) is 0.417. The van der Waals surface area contributed by atoms with Crippen LogP contribution in [-0.2, 0) is 20.7 Å². The van der Waals surface area contributed by atoms with E-state index in [0.717, 1.165) is 41.5 Å². The number of unbranched alkanes of at least 4 members (excludes halogenated alkanes) is 3. The van der Waals surface area contributed by atoms with Crippen LogP contribution in [0, 0.1) is 0 Å². The van der Waals surface area contributed by atoms with E-state index in [0.29, 0.717) is 5.75 Å². The van der Waals surface area contributed by atoms with Gasteiger partial charge >= 0.3 is 18.2 Å². The molecule has 0 radical (unpaired) electrons. The van der Waals surface area contributed by atoms with Gasteiger partial charge in [0.25, 0.3) is 0 Å². The topological polar surface area (TPSA) is 106 Å². The van der Waals surface area contributed by atoms with Gasteiger partial charge in [-0.25, -0.2) is 4.79 Å². The van der Waals surface area contributed by atoms with Crippen LogP contribution in [0.1, 0.15) is 68.1 Å². The second kappa shape index (κ2) is 17.4. The number of amides is 3. The standard InChI is InChI=1S/C36H42F3N3O5/c1-2-3-4-11-25-17-19-26(20-18-25)46-23-22-40-33(43)32(16-9-10-21-41-34(44)36(37,38)39)42-35(45)47-24-31-29-14-7-5-12-27(29)28-13-6-8-15-30(28)31/h5-8,12-15,17-20,31-32H,2-4,9-11,16,21-24H2,1H3,(H,40,43)(H,41,44)(H,42,45)/t32-/m0/s1. The Morgan fingerprint density at radius 2 is 1.47 bits per heavy atom. The molecule has 0 unspecified atom stereocenters. The maximum Gasteiger partial charge on any atom is 0.471 e. The first-order valence-electron chi connectivity index (χ1n) is 16.1. The molecule has 0 saturated heterocycles. The fourth-order valence-electron chi connectivity index (χ4n) is 5.62. The first-order chi connectivity index (χ1) is 22.7. The number of ether oxygens (including phenoxy) is 2. The summed E-state index contributed by atoms with van der Waals surface area (Å²) in [6.45, 7) is 2.37. The minimum absolute atomic E-state index is 0.0584. The van der Waals surface area contributed by atoms with Crippen molar-refractivity contribution in [1.29, 1.82) is 0 Å². The Labute approximate surface area is 273 Å². The van der Waals surface area contributed by atoms with E-state index in [-0.39, 0.29) is 51.5 Å². The molecule has 1 atom stereocenters. The lowest BCUT2D eigenvalue weighted by atomic mass is 9.98. The van der Waals surface area contributed by atoms with Gasteiger partial charge in [0.1, 0.15) is 25.0 Å². The van der Waals surface area contributed by atoms with Crippen molar-refractivity contribution in [3.05, 3.63) is 89.5 Å². The highest BCUT2D eigenvalue weighted by atomic mass is 19.4. The van der Waals surface area contributed by atoms with Crippen molar-refractivity contribution in [2.75, 3.05) is 26.3 Å². The van der Waals surface area contributed by atoms with Crippen molar-refractivity contribution in [2.45, 2.75) is 70.0 Å². The Hall–Kier alpha value is -4.54. The van der Waals surface area contributed by atoms with Crippen LogP contribution in [0.25, 0.3) is 11.1 Å². The lowest BCUT2D eigenvalue weighted by Crippen LogP contribution is -2.48. The molecule has 47 heavy (non-hydrogen) atoms. The van der Waals surface area contributed by atoms with E-state index in [4.69, 9.17) is 9.47 Å². The van der Waals surface area contributed by atoms with Gasteiger partial charge in [0.15, 0.2) is 0 Å². The van der Waals surface area contributed by atoms with Crippen LogP contribution in [-0.4, -0.2) is 56.4 Å². The molecule has 1 aliphatic rings. The van der Waals surface area contributed by atoms with Crippen LogP contribution in [0.3, 0.4) is 0 Å². The number of rotatable bonds is 17. The number of benzene rings is 3. The Kier molecular flexibility index (Phi) is 13.1. The summed E-state index contributed by atoms with van der Waals surface area (Å²) in [4.78, 5) is 37.1. The lowest BCUT2D eigenvalue weighted by molar-refractivity contribution is -0.173. The molecule has 3 amide bonds. The van der Waals surface area contributed by atoms with Crippen LogP contribution >= 0.6 is 0 Å². The fourth-order valence-corrected chi connectivity index (χ4v) is 5.62. The molecular weight excluding hydrogens is 611 g/mol. The second-order valence-electron chi connectivity index (χ2n) is 11.5. The number of halogens is 3. The molecule has 4 rings (SSSR count). The Morgan fingerprint density at radius 3 is 2.11 bits per heavy atom. The minimum atomic E-state index is -4.97. The molecule has 0 spiro atoms. The zero-order valence-electron chi connectivity index (χ0n) is 26.5. The van der Waals surface area contributed by atoms with Crippen molar-refractivity contribution in [3.8, 4) is 16.9 Å². The van der Waals surface area contributed by atoms with E-state index < -0.39 is 30.1 Å². The molecule has 0 fully saturated rings. The third-order valence-electron chi connectivity index (χ3n) is 8.08. The van der Waals surface area contributed by atoms with Gasteiger partial charge in [-0.15, -0.1) is 0 Å². The number of hydrogen-bond acceptors (Lipinski definition) is 5. The highest BCUT2D eigenvalue weighted by molar-refractivity contribution is 5.85. The van der Waals surface area contributed by atoms with E-state index in [1.165, 1.54) is 12.0 Å². The van der Waals surface area contributed by atoms with Crippen molar-refractivity contribution >= 4 is 17.9 Å². The van der Waals surface area contributed by atoms with Gasteiger partial charge in [0.2, 0.25) is 5.91 Å². The molecule has 11 heteroatoms. The molecule has 0 aromatic heterocycles. The van der Waals surface area contributed by atoms with Gasteiger partial charge in [-0.2, -0.15) is 13.2 Å². The molecule has 1 aliphatic carbocycles. The molecular formula is C36H42F3N3O5. The molecule has 3 N–H and O–H groups in total. The van der Waals surface area contributed by atoms with Crippen molar-refractivity contribution in [3.63, 3.8) is 0 Å². The number of carbonyl (C=O) groups is 3. The van der Waals surface area contributed by atoms with E-state index in [1.54, 1.807) is 0 Å². The van der Waals surface area contributed by atoms with Crippen LogP contribution < -0.4 is 20.7 Å². The molecule has 0 saturated carbocycles. The molecule has 0 bridgehead atoms. The zero-order valence-corrected chi connectivity index (χ0v) is 26.5. The van der Waals surface area contributed by atoms with E-state index in [1.807, 2.05) is 78.1 Å². The quantitative estimate of drug-likeness (QED) is 0.141. The van der Waals surface area contributed by atoms with Gasteiger partial charge in [0.05, 0.1) is 6.54 Å². The SMILES string of the molecule is CCCCCc1ccc(OCCNC(=O)[C@H](CCCCNC(=O)C(F)(F)F)NC(=O)OCC2c3ccccc3-c3ccccc32)cc1. The van der Waals surface area contributed by atoms with Gasteiger partial charge in [-0.05, 0) is 72.1 Å². The zero-order chi connectivity index (χ0) is 33.6. The third-order valence-corrected chi connectivity index (χ3v) is 8.08. The predicted molar refractivity (Wildman–Crippen MR) is 173 cm³/mol. The smallest absolute Gasteiger partial charge is 0.471 e. The first kappa shape index (κ1) is 35.3. The summed E-state index contributed by atoms with van der Waals surface area (Å²) in [5, 5.41) is 7.19. The summed E-state index contributed by atoms with van der Waals surface area (Å²) in [5.74, 6) is -1.99. The average molecular weight is 654 g/mol. The van der Waals surface area contributed by atoms with Gasteiger partial charge in [0, 0.05) is 12.5 Å². The molecule has 3 aromatic carbocycles. The number of nitrogens with one attached hydrogen (secondary N) is 3. The number of aryl methyl sites for hydroxylation is 1. The monoisotopic (exact) mass is 653 g/mol. The number of alkyl carbamates (subject to hydrolysis) is 1. The summed E-state index contributed by atoms with van der Waals surface area (Å²) < 4.78 is 48.8. The number of carbonyl (C=O) groups excluding carboxylic acids is 3. The number of alkyl halides is 3. The van der Waals surface area contributed by atoms with Crippen LogP contribution in [0.2, 0.25) is 0 Å². The predicted octanol–water partition coefficient (Wildman–Crippen LogP) is 6.67. The highest BCUT2D eigenvalue weighted by Gasteiger charge is 2.38. The van der Waals surface area contributed by atoms with Crippen LogP contribution in [0.4, 0.5) is 18.0 Å². The summed E-state index contributed by atoms with van der Waals surface area (Å²) in [6, 6.07) is 22.7. The van der Waals surface area contributed by atoms with E-state index >= 15 is 0 Å². The van der Waals surface area contributed by atoms with Gasteiger partial charge in [-0.3, -0.25) is 9.59 Å². The summed E-state index contributed by atoms with van der Waals surface area (Å²) in [5.41, 5.74) is 5.49. The number of hydrogen-bond donors (Lipinski definition) is 3. The Bertz CT molecular complexity index is 1430. The average Bonchev–Trinajstić information content (AvgIpc) is 3.38. The molecule has 0 aliphatic heterocycles. The van der Waals surface area contributed by atoms with Crippen molar-refractivity contribution < 1.29 is 37.0 Å².